The highest BCUT2D eigenvalue weighted by Crippen LogP contribution is 2.70. The van der Waals surface area contributed by atoms with Crippen LogP contribution in [0.5, 0.6) is 0 Å². The Morgan fingerprint density at radius 3 is 2.37 bits per heavy atom. The zero-order valence-electron chi connectivity index (χ0n) is 16.9. The molecule has 3 atom stereocenters. The largest absolute Gasteiger partial charge is 0.445 e. The van der Waals surface area contributed by atoms with E-state index in [4.69, 9.17) is 4.74 Å². The van der Waals surface area contributed by atoms with Gasteiger partial charge in [0.15, 0.2) is 0 Å². The highest BCUT2D eigenvalue weighted by Gasteiger charge is 2.78. The van der Waals surface area contributed by atoms with Gasteiger partial charge in [-0.3, -0.25) is 4.79 Å². The second kappa shape index (κ2) is 5.37. The fourth-order valence-corrected chi connectivity index (χ4v) is 6.16. The first kappa shape index (κ1) is 17.4. The summed E-state index contributed by atoms with van der Waals surface area (Å²) in [6.45, 7) is 8.18. The van der Waals surface area contributed by atoms with Crippen molar-refractivity contribution in [2.24, 2.45) is 0 Å². The van der Waals surface area contributed by atoms with Crippen LogP contribution in [0.2, 0.25) is 0 Å². The van der Waals surface area contributed by atoms with Crippen molar-refractivity contribution < 1.29 is 14.3 Å². The third-order valence-corrected chi connectivity index (χ3v) is 7.21. The number of ketones is 1. The van der Waals surface area contributed by atoms with Gasteiger partial charge in [-0.15, -0.1) is 0 Å². The molecule has 0 amide bonds. The molecule has 2 aliphatic carbocycles. The van der Waals surface area contributed by atoms with E-state index < -0.39 is 22.9 Å². The molecule has 1 heterocycles. The first-order chi connectivity index (χ1) is 14.4. The lowest BCUT2D eigenvalue weighted by Crippen LogP contribution is -2.52. The maximum absolute atomic E-state index is 14.1. The molecule has 0 aromatic heterocycles. The van der Waals surface area contributed by atoms with Gasteiger partial charge in [-0.1, -0.05) is 78.9 Å². The normalized spacial score (nSPS) is 28.1. The van der Waals surface area contributed by atoms with E-state index in [-0.39, 0.29) is 5.78 Å². The van der Waals surface area contributed by atoms with E-state index >= 15 is 0 Å². The van der Waals surface area contributed by atoms with Crippen LogP contribution in [-0.4, -0.2) is 17.4 Å². The Hall–Kier alpha value is -3.46. The highest BCUT2D eigenvalue weighted by molar-refractivity contribution is 6.17. The number of carbonyl (C=O) groups excluding carboxylic acids is 2. The van der Waals surface area contributed by atoms with Gasteiger partial charge in [-0.05, 0) is 41.7 Å². The number of aryl methyl sites for hydroxylation is 2. The van der Waals surface area contributed by atoms with E-state index in [1.807, 2.05) is 49.4 Å². The van der Waals surface area contributed by atoms with Crippen LogP contribution in [0.15, 0.2) is 78.9 Å². The number of fused-ring (bicyclic) bond motifs is 5. The van der Waals surface area contributed by atoms with Crippen LogP contribution >= 0.6 is 0 Å². The fourth-order valence-electron chi connectivity index (χ4n) is 6.16. The van der Waals surface area contributed by atoms with Crippen LogP contribution in [0.1, 0.15) is 49.7 Å². The van der Waals surface area contributed by atoms with Crippen molar-refractivity contribution in [2.45, 2.75) is 30.8 Å². The molecule has 146 valence electrons. The summed E-state index contributed by atoms with van der Waals surface area (Å²) in [5.74, 6) is -1.11. The van der Waals surface area contributed by atoms with Gasteiger partial charge in [0, 0.05) is 11.1 Å². The second-order valence-electron chi connectivity index (χ2n) is 8.61. The van der Waals surface area contributed by atoms with Crippen LogP contribution in [0, 0.1) is 13.8 Å². The van der Waals surface area contributed by atoms with Crippen molar-refractivity contribution in [1.82, 2.24) is 0 Å². The van der Waals surface area contributed by atoms with Crippen LogP contribution in [-0.2, 0) is 14.9 Å². The average molecular weight is 392 g/mol. The Bertz CT molecular complexity index is 1320. The maximum atomic E-state index is 14.1. The molecule has 0 N–H and O–H groups in total. The number of hydrogen-bond donors (Lipinski definition) is 0. The SMILES string of the molecule is C=C1C(=O)O[C@@]23C(=O)c4ccccc4[C@]2(c2cc(C)ccc2C)c2ccccc2C13. The van der Waals surface area contributed by atoms with Gasteiger partial charge < -0.3 is 4.74 Å². The lowest BCUT2D eigenvalue weighted by Gasteiger charge is -2.40. The number of esters is 1. The van der Waals surface area contributed by atoms with Gasteiger partial charge in [-0.2, -0.15) is 0 Å². The summed E-state index contributed by atoms with van der Waals surface area (Å²) >= 11 is 0. The Balaban J connectivity index is 1.88. The van der Waals surface area contributed by atoms with Gasteiger partial charge in [-0.25, -0.2) is 4.79 Å². The zero-order chi connectivity index (χ0) is 20.8. The molecule has 1 saturated heterocycles. The number of Topliss-reactive ketones (excluding diaryl/α,β-unsaturated/α-hetero) is 1. The van der Waals surface area contributed by atoms with E-state index in [9.17, 15) is 9.59 Å². The molecule has 1 aliphatic heterocycles. The summed E-state index contributed by atoms with van der Waals surface area (Å²) in [5, 5.41) is 0. The lowest BCUT2D eigenvalue weighted by atomic mass is 9.63. The molecule has 3 heteroatoms. The van der Waals surface area contributed by atoms with Crippen LogP contribution in [0.4, 0.5) is 0 Å². The second-order valence-corrected chi connectivity index (χ2v) is 8.61. The first-order valence-corrected chi connectivity index (χ1v) is 10.2. The molecule has 3 aromatic rings. The minimum atomic E-state index is -1.37. The minimum Gasteiger partial charge on any atom is -0.445 e. The molecule has 3 aliphatic rings. The summed E-state index contributed by atoms with van der Waals surface area (Å²) in [6.07, 6.45) is 0. The van der Waals surface area contributed by atoms with Crippen molar-refractivity contribution in [3.05, 3.63) is 118 Å². The Labute approximate surface area is 175 Å². The molecule has 0 bridgehead atoms. The van der Waals surface area contributed by atoms with Gasteiger partial charge >= 0.3 is 5.97 Å². The summed E-state index contributed by atoms with van der Waals surface area (Å²) in [4.78, 5) is 27.0. The number of rotatable bonds is 1. The van der Waals surface area contributed by atoms with Crippen molar-refractivity contribution in [3.63, 3.8) is 0 Å². The van der Waals surface area contributed by atoms with Crippen molar-refractivity contribution in [3.8, 4) is 0 Å². The topological polar surface area (TPSA) is 43.4 Å². The Morgan fingerprint density at radius 1 is 0.867 bits per heavy atom. The quantitative estimate of drug-likeness (QED) is 0.442. The third-order valence-electron chi connectivity index (χ3n) is 7.21. The maximum Gasteiger partial charge on any atom is 0.335 e. The molecular formula is C27H20O3. The highest BCUT2D eigenvalue weighted by atomic mass is 16.6. The molecule has 3 aromatic carbocycles. The van der Waals surface area contributed by atoms with E-state index in [0.29, 0.717) is 11.1 Å². The van der Waals surface area contributed by atoms with E-state index in [1.165, 1.54) is 0 Å². The van der Waals surface area contributed by atoms with E-state index in [2.05, 4.69) is 37.8 Å². The number of hydrogen-bond acceptors (Lipinski definition) is 3. The molecular weight excluding hydrogens is 372 g/mol. The lowest BCUT2D eigenvalue weighted by molar-refractivity contribution is -0.145. The molecule has 1 fully saturated rings. The standard InChI is InChI=1S/C27H20O3/c1-15-12-13-16(2)22(14-15)26-20-10-6-4-8-18(20)23-17(3)25(29)30-27(23,26)24(28)19-9-5-7-11-21(19)26/h4-14,23H,3H2,1-2H3/t23?,26-,27-/m0/s1. The number of carbonyl (C=O) groups is 2. The van der Waals surface area contributed by atoms with Gasteiger partial charge in [0.05, 0.1) is 11.3 Å². The molecule has 6 rings (SSSR count). The van der Waals surface area contributed by atoms with Crippen molar-refractivity contribution >= 4 is 11.8 Å². The Morgan fingerprint density at radius 2 is 1.57 bits per heavy atom. The van der Waals surface area contributed by atoms with E-state index in [1.54, 1.807) is 0 Å². The number of ether oxygens (including phenoxy) is 1. The molecule has 0 saturated carbocycles. The monoisotopic (exact) mass is 392 g/mol. The first-order valence-electron chi connectivity index (χ1n) is 10.2. The van der Waals surface area contributed by atoms with Crippen LogP contribution in [0.25, 0.3) is 0 Å². The molecule has 0 radical (unpaired) electrons. The average Bonchev–Trinajstić information content (AvgIpc) is 3.25. The van der Waals surface area contributed by atoms with E-state index in [0.717, 1.165) is 33.4 Å². The summed E-state index contributed by atoms with van der Waals surface area (Å²) < 4.78 is 6.15. The van der Waals surface area contributed by atoms with Crippen molar-refractivity contribution in [1.29, 1.82) is 0 Å². The Kier molecular flexibility index (Phi) is 3.11. The number of benzene rings is 3. The van der Waals surface area contributed by atoms with Gasteiger partial charge in [0.25, 0.3) is 0 Å². The third kappa shape index (κ3) is 1.62. The zero-order valence-corrected chi connectivity index (χ0v) is 16.9. The molecule has 30 heavy (non-hydrogen) atoms. The molecule has 1 unspecified atom stereocenters. The predicted molar refractivity (Wildman–Crippen MR) is 114 cm³/mol. The minimum absolute atomic E-state index is 0.132. The summed E-state index contributed by atoms with van der Waals surface area (Å²) in [7, 11) is 0. The summed E-state index contributed by atoms with van der Waals surface area (Å²) in [6, 6.07) is 22.0. The van der Waals surface area contributed by atoms with Crippen LogP contribution < -0.4 is 0 Å². The smallest absolute Gasteiger partial charge is 0.335 e. The fraction of sp³-hybridized carbons (Fsp3) is 0.185. The predicted octanol–water partition coefficient (Wildman–Crippen LogP) is 4.78. The van der Waals surface area contributed by atoms with Gasteiger partial charge in [0.2, 0.25) is 11.4 Å². The summed E-state index contributed by atoms with van der Waals surface area (Å²) in [5.41, 5.74) is 4.78. The van der Waals surface area contributed by atoms with Gasteiger partial charge in [0.1, 0.15) is 0 Å². The molecule has 1 spiro atoms. The molecule has 3 nitrogen and oxygen atoms in total. The van der Waals surface area contributed by atoms with Crippen molar-refractivity contribution in [2.75, 3.05) is 0 Å². The van der Waals surface area contributed by atoms with Crippen LogP contribution in [0.3, 0.4) is 0 Å².